The summed E-state index contributed by atoms with van der Waals surface area (Å²) in [5, 5.41) is 0. The highest BCUT2D eigenvalue weighted by molar-refractivity contribution is 6.11. The van der Waals surface area contributed by atoms with Gasteiger partial charge in [-0.25, -0.2) is 0 Å². The second kappa shape index (κ2) is 8.50. The number of Topliss-reactive ketones (excluding diaryl/α,β-unsaturated/α-hetero) is 2. The van der Waals surface area contributed by atoms with Gasteiger partial charge in [0.2, 0.25) is 0 Å². The van der Waals surface area contributed by atoms with E-state index in [1.807, 2.05) is 38.2 Å². The molecule has 0 heterocycles. The second-order valence-corrected chi connectivity index (χ2v) is 10.9. The molecule has 0 amide bonds. The zero-order valence-electron chi connectivity index (χ0n) is 20.6. The number of hydrogen-bond donors (Lipinski definition) is 0. The molecule has 2 heteroatoms. The van der Waals surface area contributed by atoms with Crippen LogP contribution in [0.25, 0.3) is 12.2 Å². The van der Waals surface area contributed by atoms with Crippen LogP contribution >= 0.6 is 0 Å². The molecule has 2 aliphatic carbocycles. The summed E-state index contributed by atoms with van der Waals surface area (Å²) in [5.74, 6) is 0.266. The number of allylic oxidation sites excluding steroid dienone is 10. The van der Waals surface area contributed by atoms with Gasteiger partial charge in [-0.05, 0) is 94.6 Å². The Morgan fingerprint density at radius 1 is 0.562 bits per heavy atom. The normalized spacial score (nSPS) is 20.2. The molecule has 1 aromatic rings. The number of ketones is 2. The average molecular weight is 427 g/mol. The first-order chi connectivity index (χ1) is 14.8. The molecular weight excluding hydrogens is 392 g/mol. The fourth-order valence-electron chi connectivity index (χ4n) is 3.96. The van der Waals surface area contributed by atoms with Crippen molar-refractivity contribution in [1.29, 1.82) is 0 Å². The molecule has 2 aliphatic rings. The van der Waals surface area contributed by atoms with Gasteiger partial charge in [-0.15, -0.1) is 0 Å². The van der Waals surface area contributed by atoms with E-state index in [9.17, 15) is 9.59 Å². The summed E-state index contributed by atoms with van der Waals surface area (Å²) in [6.45, 7) is 16.2. The van der Waals surface area contributed by atoms with Gasteiger partial charge in [-0.3, -0.25) is 9.59 Å². The van der Waals surface area contributed by atoms with Crippen LogP contribution in [-0.4, -0.2) is 11.6 Å². The van der Waals surface area contributed by atoms with Gasteiger partial charge in [0.15, 0.2) is 11.6 Å². The molecule has 0 fully saturated rings. The summed E-state index contributed by atoms with van der Waals surface area (Å²) in [6.07, 6.45) is 12.2. The number of hydrogen-bond acceptors (Lipinski definition) is 2. The van der Waals surface area contributed by atoms with Gasteiger partial charge in [0.25, 0.3) is 0 Å². The van der Waals surface area contributed by atoms with E-state index in [1.165, 1.54) is 0 Å². The van der Waals surface area contributed by atoms with Crippen molar-refractivity contribution in [2.45, 2.75) is 55.4 Å². The molecule has 32 heavy (non-hydrogen) atoms. The number of rotatable bonds is 2. The maximum absolute atomic E-state index is 12.5. The van der Waals surface area contributed by atoms with Crippen LogP contribution in [0.2, 0.25) is 0 Å². The van der Waals surface area contributed by atoms with E-state index in [1.54, 1.807) is 0 Å². The monoisotopic (exact) mass is 426 g/mol. The summed E-state index contributed by atoms with van der Waals surface area (Å²) in [4.78, 5) is 25.1. The van der Waals surface area contributed by atoms with Crippen LogP contribution in [0.1, 0.15) is 66.5 Å². The molecule has 0 bridgehead atoms. The Kier molecular flexibility index (Phi) is 6.29. The standard InChI is InChI=1S/C30H34O2/c1-19-13-23(17-25(27(19)31)29(3,4)5)15-21-9-11-22(12-10-21)16-24-14-20(2)28(32)26(18-24)30(6,7)8/h9-18H,1-8H3. The van der Waals surface area contributed by atoms with Crippen LogP contribution in [0.15, 0.2) is 82.0 Å². The summed E-state index contributed by atoms with van der Waals surface area (Å²) < 4.78 is 0. The van der Waals surface area contributed by atoms with Crippen LogP contribution in [0.3, 0.4) is 0 Å². The summed E-state index contributed by atoms with van der Waals surface area (Å²) >= 11 is 0. The summed E-state index contributed by atoms with van der Waals surface area (Å²) in [7, 11) is 0. The van der Waals surface area contributed by atoms with Crippen molar-refractivity contribution in [1.82, 2.24) is 0 Å². The van der Waals surface area contributed by atoms with Gasteiger partial charge in [-0.1, -0.05) is 65.8 Å². The average Bonchev–Trinajstić information content (AvgIpc) is 2.67. The number of benzene rings is 1. The second-order valence-electron chi connectivity index (χ2n) is 10.9. The zero-order chi connectivity index (χ0) is 23.8. The van der Waals surface area contributed by atoms with Crippen molar-refractivity contribution in [2.24, 2.45) is 10.8 Å². The molecule has 0 N–H and O–H groups in total. The minimum absolute atomic E-state index is 0.133. The quantitative estimate of drug-likeness (QED) is 0.492. The SMILES string of the molecule is CC1=CC(=Cc2ccc(C=C3C=C(C)C(=O)C(C(C)(C)C)=C3)cc2)C=C(C(C)(C)C)C1=O. The van der Waals surface area contributed by atoms with Crippen LogP contribution < -0.4 is 0 Å². The van der Waals surface area contributed by atoms with E-state index >= 15 is 0 Å². The Labute approximate surface area is 192 Å². The molecule has 0 aromatic heterocycles. The van der Waals surface area contributed by atoms with E-state index in [-0.39, 0.29) is 22.4 Å². The highest BCUT2D eigenvalue weighted by Crippen LogP contribution is 2.34. The van der Waals surface area contributed by atoms with Gasteiger partial charge in [-0.2, -0.15) is 0 Å². The molecule has 0 radical (unpaired) electrons. The van der Waals surface area contributed by atoms with Crippen LogP contribution in [0.5, 0.6) is 0 Å². The molecule has 2 nitrogen and oxygen atoms in total. The molecular formula is C30H34O2. The van der Waals surface area contributed by atoms with E-state index in [0.29, 0.717) is 0 Å². The van der Waals surface area contributed by atoms with Gasteiger partial charge in [0.05, 0.1) is 0 Å². The first kappa shape index (κ1) is 23.7. The fourth-order valence-corrected chi connectivity index (χ4v) is 3.96. The van der Waals surface area contributed by atoms with E-state index in [0.717, 1.165) is 44.6 Å². The Balaban J connectivity index is 1.90. The van der Waals surface area contributed by atoms with Gasteiger partial charge in [0.1, 0.15) is 0 Å². The maximum Gasteiger partial charge on any atom is 0.185 e. The van der Waals surface area contributed by atoms with Gasteiger partial charge < -0.3 is 0 Å². The Morgan fingerprint density at radius 2 is 0.875 bits per heavy atom. The molecule has 0 atom stereocenters. The van der Waals surface area contributed by atoms with Crippen LogP contribution in [0, 0.1) is 10.8 Å². The zero-order valence-corrected chi connectivity index (χ0v) is 20.6. The van der Waals surface area contributed by atoms with Crippen molar-refractivity contribution in [2.75, 3.05) is 0 Å². The van der Waals surface area contributed by atoms with Crippen molar-refractivity contribution in [3.05, 3.63) is 93.1 Å². The Morgan fingerprint density at radius 3 is 1.16 bits per heavy atom. The minimum Gasteiger partial charge on any atom is -0.289 e. The third-order valence-corrected chi connectivity index (χ3v) is 5.81. The molecule has 0 unspecified atom stereocenters. The van der Waals surface area contributed by atoms with Crippen LogP contribution in [0.4, 0.5) is 0 Å². The van der Waals surface area contributed by atoms with Crippen molar-refractivity contribution in [3.8, 4) is 0 Å². The molecule has 0 saturated heterocycles. The van der Waals surface area contributed by atoms with E-state index in [4.69, 9.17) is 0 Å². The van der Waals surface area contributed by atoms with Gasteiger partial charge in [0, 0.05) is 11.1 Å². The lowest BCUT2D eigenvalue weighted by Crippen LogP contribution is -2.21. The van der Waals surface area contributed by atoms with Crippen molar-refractivity contribution < 1.29 is 9.59 Å². The van der Waals surface area contributed by atoms with Crippen molar-refractivity contribution >= 4 is 23.7 Å². The molecule has 3 rings (SSSR count). The minimum atomic E-state index is -0.186. The lowest BCUT2D eigenvalue weighted by atomic mass is 9.78. The lowest BCUT2D eigenvalue weighted by Gasteiger charge is -2.25. The van der Waals surface area contributed by atoms with E-state index in [2.05, 4.69) is 78.0 Å². The number of carbonyl (C=O) groups excluding carboxylic acids is 2. The Bertz CT molecular complexity index is 1050. The summed E-state index contributed by atoms with van der Waals surface area (Å²) in [5.41, 5.74) is 7.13. The highest BCUT2D eigenvalue weighted by Gasteiger charge is 2.28. The first-order valence-corrected chi connectivity index (χ1v) is 11.2. The van der Waals surface area contributed by atoms with Crippen LogP contribution in [-0.2, 0) is 9.59 Å². The predicted octanol–water partition coefficient (Wildman–Crippen LogP) is 7.46. The topological polar surface area (TPSA) is 34.1 Å². The largest absolute Gasteiger partial charge is 0.289 e. The number of carbonyl (C=O) groups is 2. The lowest BCUT2D eigenvalue weighted by molar-refractivity contribution is -0.113. The third kappa shape index (κ3) is 5.24. The molecule has 0 saturated carbocycles. The fraction of sp³-hybridized carbons (Fsp3) is 0.333. The third-order valence-electron chi connectivity index (χ3n) is 5.81. The van der Waals surface area contributed by atoms with Gasteiger partial charge >= 0.3 is 0 Å². The molecule has 166 valence electrons. The summed E-state index contributed by atoms with van der Waals surface area (Å²) in [6, 6.07) is 8.34. The first-order valence-electron chi connectivity index (χ1n) is 11.2. The highest BCUT2D eigenvalue weighted by atomic mass is 16.1. The molecule has 0 spiro atoms. The maximum atomic E-state index is 12.5. The molecule has 0 aliphatic heterocycles. The van der Waals surface area contributed by atoms with Crippen molar-refractivity contribution in [3.63, 3.8) is 0 Å². The van der Waals surface area contributed by atoms with E-state index < -0.39 is 0 Å². The molecule has 1 aromatic carbocycles. The smallest absolute Gasteiger partial charge is 0.185 e. The Hall–Kier alpha value is -3.00. The predicted molar refractivity (Wildman–Crippen MR) is 135 cm³/mol.